The van der Waals surface area contributed by atoms with Crippen molar-refractivity contribution in [3.8, 4) is 0 Å². The summed E-state index contributed by atoms with van der Waals surface area (Å²) in [4.78, 5) is 38.3. The Hall–Kier alpha value is -2.68. The van der Waals surface area contributed by atoms with E-state index >= 15 is 0 Å². The molecule has 148 valence electrons. The molecule has 0 aromatic heterocycles. The van der Waals surface area contributed by atoms with E-state index in [2.05, 4.69) is 5.32 Å². The average molecular weight is 378 g/mol. The van der Waals surface area contributed by atoms with Gasteiger partial charge in [0.2, 0.25) is 5.91 Å². The van der Waals surface area contributed by atoms with Gasteiger partial charge in [0.25, 0.3) is 5.69 Å². The largest absolute Gasteiger partial charge is 0.449 e. The highest BCUT2D eigenvalue weighted by Gasteiger charge is 2.28. The Morgan fingerprint density at radius 1 is 1.15 bits per heavy atom. The van der Waals surface area contributed by atoms with Crippen molar-refractivity contribution in [2.75, 3.05) is 38.1 Å². The zero-order valence-electron chi connectivity index (χ0n) is 15.9. The summed E-state index contributed by atoms with van der Waals surface area (Å²) < 4.78 is 5.23. The number of benzene rings is 1. The standard InChI is InChI=1S/C18H26N4O5/c1-13(2)12-27-18(24)21-10-8-20(9-11-21)14(3)17(23)19-15-4-6-16(7-5-15)22(25)26/h4-7,13-14H,8-12H2,1-3H3,(H,19,23). The zero-order valence-corrected chi connectivity index (χ0v) is 15.9. The van der Waals surface area contributed by atoms with Gasteiger partial charge in [0, 0.05) is 44.0 Å². The first kappa shape index (κ1) is 20.6. The van der Waals surface area contributed by atoms with Crippen LogP contribution in [-0.4, -0.2) is 65.6 Å². The maximum absolute atomic E-state index is 12.4. The van der Waals surface area contributed by atoms with E-state index in [9.17, 15) is 19.7 Å². The van der Waals surface area contributed by atoms with Gasteiger partial charge in [-0.05, 0) is 25.0 Å². The molecule has 1 fully saturated rings. The molecule has 1 atom stereocenters. The molecule has 1 aromatic rings. The molecule has 1 saturated heterocycles. The van der Waals surface area contributed by atoms with Gasteiger partial charge in [0.1, 0.15) is 0 Å². The van der Waals surface area contributed by atoms with Crippen LogP contribution in [0.3, 0.4) is 0 Å². The number of nitrogens with zero attached hydrogens (tertiary/aromatic N) is 3. The lowest BCUT2D eigenvalue weighted by Crippen LogP contribution is -2.54. The van der Waals surface area contributed by atoms with Gasteiger partial charge in [-0.25, -0.2) is 4.79 Å². The molecule has 1 unspecified atom stereocenters. The van der Waals surface area contributed by atoms with E-state index in [-0.39, 0.29) is 23.7 Å². The highest BCUT2D eigenvalue weighted by molar-refractivity contribution is 5.94. The Morgan fingerprint density at radius 2 is 1.74 bits per heavy atom. The number of non-ortho nitro benzene ring substituents is 1. The van der Waals surface area contributed by atoms with Crippen LogP contribution in [0, 0.1) is 16.0 Å². The van der Waals surface area contributed by atoms with Crippen LogP contribution in [0.4, 0.5) is 16.2 Å². The normalized spacial score (nSPS) is 16.1. The van der Waals surface area contributed by atoms with Crippen LogP contribution in [0.15, 0.2) is 24.3 Å². The first-order chi connectivity index (χ1) is 12.8. The molecule has 0 radical (unpaired) electrons. The van der Waals surface area contributed by atoms with Crippen LogP contribution >= 0.6 is 0 Å². The van der Waals surface area contributed by atoms with E-state index < -0.39 is 4.92 Å². The highest BCUT2D eigenvalue weighted by Crippen LogP contribution is 2.16. The van der Waals surface area contributed by atoms with E-state index in [4.69, 9.17) is 4.74 Å². The molecule has 0 aliphatic carbocycles. The van der Waals surface area contributed by atoms with Gasteiger partial charge in [0.15, 0.2) is 0 Å². The van der Waals surface area contributed by atoms with Crippen LogP contribution in [0.25, 0.3) is 0 Å². The summed E-state index contributed by atoms with van der Waals surface area (Å²) in [5.74, 6) is 0.0954. The molecular weight excluding hydrogens is 352 g/mol. The van der Waals surface area contributed by atoms with Crippen molar-refractivity contribution in [2.45, 2.75) is 26.8 Å². The van der Waals surface area contributed by atoms with Crippen LogP contribution in [0.5, 0.6) is 0 Å². The Morgan fingerprint density at radius 3 is 2.26 bits per heavy atom. The van der Waals surface area contributed by atoms with Gasteiger partial charge in [-0.3, -0.25) is 19.8 Å². The predicted octanol–water partition coefficient (Wildman–Crippen LogP) is 2.33. The lowest BCUT2D eigenvalue weighted by Gasteiger charge is -2.36. The fourth-order valence-electron chi connectivity index (χ4n) is 2.70. The van der Waals surface area contributed by atoms with Crippen LogP contribution in [0.2, 0.25) is 0 Å². The third kappa shape index (κ3) is 5.92. The van der Waals surface area contributed by atoms with Crippen molar-refractivity contribution in [3.63, 3.8) is 0 Å². The maximum atomic E-state index is 12.4. The van der Waals surface area contributed by atoms with Gasteiger partial charge >= 0.3 is 6.09 Å². The van der Waals surface area contributed by atoms with E-state index in [1.165, 1.54) is 24.3 Å². The third-order valence-electron chi connectivity index (χ3n) is 4.39. The summed E-state index contributed by atoms with van der Waals surface area (Å²) in [7, 11) is 0. The minimum atomic E-state index is -0.486. The minimum Gasteiger partial charge on any atom is -0.449 e. The number of piperazine rings is 1. The molecule has 0 bridgehead atoms. The second-order valence-electron chi connectivity index (χ2n) is 6.96. The summed E-state index contributed by atoms with van der Waals surface area (Å²) in [5, 5.41) is 13.4. The number of hydrogen-bond acceptors (Lipinski definition) is 6. The van der Waals surface area contributed by atoms with Gasteiger partial charge in [-0.15, -0.1) is 0 Å². The second kappa shape index (κ2) is 9.31. The molecule has 1 heterocycles. The fourth-order valence-corrected chi connectivity index (χ4v) is 2.70. The van der Waals surface area contributed by atoms with Gasteiger partial charge < -0.3 is 15.0 Å². The summed E-state index contributed by atoms with van der Waals surface area (Å²) in [6.45, 7) is 8.32. The Labute approximate surface area is 158 Å². The molecule has 1 aliphatic rings. The second-order valence-corrected chi connectivity index (χ2v) is 6.96. The Kier molecular flexibility index (Phi) is 7.12. The predicted molar refractivity (Wildman–Crippen MR) is 101 cm³/mol. The number of rotatable bonds is 6. The van der Waals surface area contributed by atoms with Crippen LogP contribution in [0.1, 0.15) is 20.8 Å². The molecule has 27 heavy (non-hydrogen) atoms. The van der Waals surface area contributed by atoms with Crippen LogP contribution < -0.4 is 5.32 Å². The quantitative estimate of drug-likeness (QED) is 0.602. The lowest BCUT2D eigenvalue weighted by atomic mass is 10.2. The molecule has 9 heteroatoms. The number of amides is 2. The number of nitro benzene ring substituents is 1. The molecule has 0 spiro atoms. The summed E-state index contributed by atoms with van der Waals surface area (Å²) in [5.41, 5.74) is 0.481. The molecule has 1 N–H and O–H groups in total. The first-order valence-electron chi connectivity index (χ1n) is 8.99. The van der Waals surface area contributed by atoms with E-state index in [0.717, 1.165) is 0 Å². The van der Waals surface area contributed by atoms with Crippen molar-refractivity contribution in [1.82, 2.24) is 9.80 Å². The lowest BCUT2D eigenvalue weighted by molar-refractivity contribution is -0.384. The number of hydrogen-bond donors (Lipinski definition) is 1. The van der Waals surface area contributed by atoms with E-state index in [0.29, 0.717) is 44.4 Å². The number of nitrogens with one attached hydrogen (secondary N) is 1. The highest BCUT2D eigenvalue weighted by atomic mass is 16.6. The summed E-state index contributed by atoms with van der Waals surface area (Å²) >= 11 is 0. The van der Waals surface area contributed by atoms with Crippen molar-refractivity contribution >= 4 is 23.4 Å². The molecule has 2 amide bonds. The van der Waals surface area contributed by atoms with Gasteiger partial charge in [-0.1, -0.05) is 13.8 Å². The molecule has 1 aromatic carbocycles. The average Bonchev–Trinajstić information content (AvgIpc) is 2.66. The van der Waals surface area contributed by atoms with Crippen LogP contribution in [-0.2, 0) is 9.53 Å². The summed E-state index contributed by atoms with van der Waals surface area (Å²) in [6, 6.07) is 5.33. The van der Waals surface area contributed by atoms with Crippen molar-refractivity contribution < 1.29 is 19.2 Å². The Bertz CT molecular complexity index is 669. The van der Waals surface area contributed by atoms with E-state index in [1.807, 2.05) is 18.7 Å². The number of carbonyl (C=O) groups is 2. The van der Waals surface area contributed by atoms with E-state index in [1.54, 1.807) is 11.8 Å². The molecule has 1 aliphatic heterocycles. The molecule has 2 rings (SSSR count). The zero-order chi connectivity index (χ0) is 20.0. The minimum absolute atomic E-state index is 0.0264. The number of anilines is 1. The number of carbonyl (C=O) groups excluding carboxylic acids is 2. The SMILES string of the molecule is CC(C)COC(=O)N1CCN(C(C)C(=O)Nc2ccc([N+](=O)[O-])cc2)CC1. The number of ether oxygens (including phenoxy) is 1. The Balaban J connectivity index is 1.82. The first-order valence-corrected chi connectivity index (χ1v) is 8.99. The van der Waals surface area contributed by atoms with Gasteiger partial charge in [-0.2, -0.15) is 0 Å². The molecule has 9 nitrogen and oxygen atoms in total. The molecule has 0 saturated carbocycles. The fraction of sp³-hybridized carbons (Fsp3) is 0.556. The summed E-state index contributed by atoms with van der Waals surface area (Å²) in [6.07, 6.45) is -0.314. The van der Waals surface area contributed by atoms with Crippen molar-refractivity contribution in [2.24, 2.45) is 5.92 Å². The van der Waals surface area contributed by atoms with Gasteiger partial charge in [0.05, 0.1) is 17.6 Å². The van der Waals surface area contributed by atoms with Crippen molar-refractivity contribution in [1.29, 1.82) is 0 Å². The van der Waals surface area contributed by atoms with Crippen molar-refractivity contribution in [3.05, 3.63) is 34.4 Å². The monoisotopic (exact) mass is 378 g/mol. The topological polar surface area (TPSA) is 105 Å². The third-order valence-corrected chi connectivity index (χ3v) is 4.39. The maximum Gasteiger partial charge on any atom is 0.409 e. The number of nitro groups is 1. The smallest absolute Gasteiger partial charge is 0.409 e. The molecular formula is C18H26N4O5.